The van der Waals surface area contributed by atoms with E-state index >= 15 is 0 Å². The summed E-state index contributed by atoms with van der Waals surface area (Å²) in [5, 5.41) is 11.9. The molecule has 0 aromatic heterocycles. The molecule has 5 nitrogen and oxygen atoms in total. The van der Waals surface area contributed by atoms with Crippen molar-refractivity contribution in [3.05, 3.63) is 35.9 Å². The quantitative estimate of drug-likeness (QED) is 0.539. The zero-order valence-corrected chi connectivity index (χ0v) is 13.8. The van der Waals surface area contributed by atoms with Crippen LogP contribution in [0.5, 0.6) is 11.5 Å². The summed E-state index contributed by atoms with van der Waals surface area (Å²) in [6, 6.07) is 4.22. The molecule has 0 unspecified atom stereocenters. The van der Waals surface area contributed by atoms with Gasteiger partial charge in [0.2, 0.25) is 5.91 Å². The van der Waals surface area contributed by atoms with E-state index in [0.717, 1.165) is 19.3 Å². The summed E-state index contributed by atoms with van der Waals surface area (Å²) in [6.45, 7) is 4.30. The number of phenols is 1. The minimum absolute atomic E-state index is 0.0401. The normalized spacial score (nSPS) is 10.7. The Morgan fingerprint density at radius 1 is 1.22 bits per heavy atom. The fourth-order valence-electron chi connectivity index (χ4n) is 2.03. The Labute approximate surface area is 137 Å². The Bertz CT molecular complexity index is 552. The number of phenolic OH excluding ortho intramolecular Hbond substituents is 1. The van der Waals surface area contributed by atoms with Crippen LogP contribution in [0.4, 0.5) is 0 Å². The van der Waals surface area contributed by atoms with E-state index in [-0.39, 0.29) is 17.1 Å². The number of imide groups is 1. The summed E-state index contributed by atoms with van der Waals surface area (Å²) in [6.07, 6.45) is 8.55. The van der Waals surface area contributed by atoms with Gasteiger partial charge >= 0.3 is 0 Å². The molecular formula is C18H25NO4. The Hall–Kier alpha value is -2.30. The number of amides is 2. The topological polar surface area (TPSA) is 75.6 Å². The van der Waals surface area contributed by atoms with Crippen LogP contribution in [-0.4, -0.2) is 23.5 Å². The molecule has 0 bridgehead atoms. The van der Waals surface area contributed by atoms with Crippen LogP contribution < -0.4 is 10.1 Å². The molecule has 2 amide bonds. The molecule has 0 aliphatic rings. The van der Waals surface area contributed by atoms with Gasteiger partial charge in [0.15, 0.2) is 11.5 Å². The third-order valence-electron chi connectivity index (χ3n) is 3.25. The summed E-state index contributed by atoms with van der Waals surface area (Å²) < 4.78 is 5.22. The van der Waals surface area contributed by atoms with Crippen molar-refractivity contribution in [3.63, 3.8) is 0 Å². The van der Waals surface area contributed by atoms with E-state index in [1.807, 2.05) is 0 Å². The first-order valence-electron chi connectivity index (χ1n) is 8.06. The molecule has 0 saturated carbocycles. The second-order valence-corrected chi connectivity index (χ2v) is 5.19. The number of hydrogen-bond acceptors (Lipinski definition) is 4. The Balaban J connectivity index is 2.50. The van der Waals surface area contributed by atoms with E-state index in [4.69, 9.17) is 4.74 Å². The average Bonchev–Trinajstić information content (AvgIpc) is 2.53. The van der Waals surface area contributed by atoms with Gasteiger partial charge in [0.25, 0.3) is 5.91 Å². The molecule has 0 radical (unpaired) electrons. The van der Waals surface area contributed by atoms with Crippen LogP contribution in [0.15, 0.2) is 30.4 Å². The summed E-state index contributed by atoms with van der Waals surface area (Å²) in [4.78, 5) is 23.7. The lowest BCUT2D eigenvalue weighted by Gasteiger charge is -2.07. The van der Waals surface area contributed by atoms with Crippen molar-refractivity contribution >= 4 is 11.8 Å². The molecule has 0 aliphatic carbocycles. The lowest BCUT2D eigenvalue weighted by atomic mass is 10.1. The van der Waals surface area contributed by atoms with E-state index < -0.39 is 11.8 Å². The highest BCUT2D eigenvalue weighted by Gasteiger charge is 2.11. The first-order chi connectivity index (χ1) is 11.1. The zero-order valence-electron chi connectivity index (χ0n) is 13.8. The molecule has 1 aromatic carbocycles. The number of allylic oxidation sites excluding steroid dienone is 1. The van der Waals surface area contributed by atoms with Crippen LogP contribution in [0, 0.1) is 0 Å². The van der Waals surface area contributed by atoms with Gasteiger partial charge in [0.05, 0.1) is 6.61 Å². The third kappa shape index (κ3) is 7.00. The molecule has 0 spiro atoms. The molecule has 23 heavy (non-hydrogen) atoms. The monoisotopic (exact) mass is 319 g/mol. The van der Waals surface area contributed by atoms with Gasteiger partial charge < -0.3 is 9.84 Å². The molecule has 0 aliphatic heterocycles. The third-order valence-corrected chi connectivity index (χ3v) is 3.25. The van der Waals surface area contributed by atoms with Crippen LogP contribution in [0.2, 0.25) is 0 Å². The highest BCUT2D eigenvalue weighted by Crippen LogP contribution is 2.26. The number of nitrogens with one attached hydrogen (secondary N) is 1. The number of unbranched alkanes of at least 4 members (excludes halogenated alkanes) is 4. The Morgan fingerprint density at radius 2 is 2.00 bits per heavy atom. The van der Waals surface area contributed by atoms with Crippen molar-refractivity contribution in [2.75, 3.05) is 6.61 Å². The van der Waals surface area contributed by atoms with Crippen LogP contribution in [0.1, 0.15) is 56.3 Å². The van der Waals surface area contributed by atoms with Gasteiger partial charge in [-0.3, -0.25) is 14.9 Å². The van der Waals surface area contributed by atoms with Crippen molar-refractivity contribution in [1.82, 2.24) is 5.32 Å². The second-order valence-electron chi connectivity index (χ2n) is 5.19. The van der Waals surface area contributed by atoms with Crippen molar-refractivity contribution in [1.29, 1.82) is 0 Å². The second kappa shape index (κ2) is 10.4. The van der Waals surface area contributed by atoms with Crippen LogP contribution >= 0.6 is 0 Å². The van der Waals surface area contributed by atoms with Gasteiger partial charge in [0.1, 0.15) is 0 Å². The smallest absolute Gasteiger partial charge is 0.258 e. The predicted octanol–water partition coefficient (Wildman–Crippen LogP) is 3.57. The first-order valence-corrected chi connectivity index (χ1v) is 8.06. The molecule has 0 fully saturated rings. The molecule has 5 heteroatoms. The minimum atomic E-state index is -0.522. The standard InChI is InChI=1S/C18H25NO4/c1-3-5-6-7-8-9-10-17(21)19-18(22)14-11-12-15(20)16(13-14)23-4-2/h9-13,20H,3-8H2,1-2H3,(H,19,21,22)/b10-9+. The number of aromatic hydroxyl groups is 1. The van der Waals surface area contributed by atoms with Crippen LogP contribution in [0.25, 0.3) is 0 Å². The highest BCUT2D eigenvalue weighted by atomic mass is 16.5. The summed E-state index contributed by atoms with van der Waals surface area (Å²) >= 11 is 0. The van der Waals surface area contributed by atoms with Gasteiger partial charge in [-0.05, 0) is 44.0 Å². The van der Waals surface area contributed by atoms with Gasteiger partial charge in [-0.15, -0.1) is 0 Å². The predicted molar refractivity (Wildman–Crippen MR) is 89.6 cm³/mol. The molecule has 2 N–H and O–H groups in total. The average molecular weight is 319 g/mol. The molecule has 0 heterocycles. The van der Waals surface area contributed by atoms with Gasteiger partial charge in [-0.1, -0.05) is 32.3 Å². The van der Waals surface area contributed by atoms with Gasteiger partial charge in [-0.25, -0.2) is 0 Å². The lowest BCUT2D eigenvalue weighted by molar-refractivity contribution is -0.115. The Kier molecular flexibility index (Phi) is 8.50. The summed E-state index contributed by atoms with van der Waals surface area (Å²) in [5.74, 6) is -0.788. The Morgan fingerprint density at radius 3 is 2.70 bits per heavy atom. The minimum Gasteiger partial charge on any atom is -0.504 e. The fraction of sp³-hybridized carbons (Fsp3) is 0.444. The molecule has 126 valence electrons. The molecule has 0 saturated heterocycles. The largest absolute Gasteiger partial charge is 0.504 e. The molecular weight excluding hydrogens is 294 g/mol. The first kappa shape index (κ1) is 18.7. The highest BCUT2D eigenvalue weighted by molar-refractivity contribution is 6.08. The van der Waals surface area contributed by atoms with Gasteiger partial charge in [0, 0.05) is 5.56 Å². The number of ether oxygens (including phenoxy) is 1. The van der Waals surface area contributed by atoms with Crippen molar-refractivity contribution in [3.8, 4) is 11.5 Å². The van der Waals surface area contributed by atoms with Crippen molar-refractivity contribution in [2.24, 2.45) is 0 Å². The zero-order chi connectivity index (χ0) is 17.1. The van der Waals surface area contributed by atoms with E-state index in [0.29, 0.717) is 6.61 Å². The van der Waals surface area contributed by atoms with Crippen molar-refractivity contribution in [2.45, 2.75) is 46.0 Å². The number of hydrogen-bond donors (Lipinski definition) is 2. The SMILES string of the molecule is CCCCCC/C=C/C(=O)NC(=O)c1ccc(O)c(OCC)c1. The number of carbonyl (C=O) groups is 2. The van der Waals surface area contributed by atoms with E-state index in [1.54, 1.807) is 13.0 Å². The number of carbonyl (C=O) groups excluding carboxylic acids is 2. The molecule has 1 aromatic rings. The summed E-state index contributed by atoms with van der Waals surface area (Å²) in [5.41, 5.74) is 0.260. The number of benzene rings is 1. The van der Waals surface area contributed by atoms with Crippen LogP contribution in [-0.2, 0) is 4.79 Å². The maximum absolute atomic E-state index is 12.0. The lowest BCUT2D eigenvalue weighted by Crippen LogP contribution is -2.28. The van der Waals surface area contributed by atoms with E-state index in [1.165, 1.54) is 37.1 Å². The molecule has 0 atom stereocenters. The number of rotatable bonds is 9. The van der Waals surface area contributed by atoms with E-state index in [2.05, 4.69) is 12.2 Å². The van der Waals surface area contributed by atoms with E-state index in [9.17, 15) is 14.7 Å². The maximum atomic E-state index is 12.0. The fourth-order valence-corrected chi connectivity index (χ4v) is 2.03. The maximum Gasteiger partial charge on any atom is 0.258 e. The van der Waals surface area contributed by atoms with Gasteiger partial charge in [-0.2, -0.15) is 0 Å². The molecule has 1 rings (SSSR count). The van der Waals surface area contributed by atoms with Crippen molar-refractivity contribution < 1.29 is 19.4 Å². The summed E-state index contributed by atoms with van der Waals surface area (Å²) in [7, 11) is 0. The van der Waals surface area contributed by atoms with Crippen LogP contribution in [0.3, 0.4) is 0 Å².